The number of hydrazone groups is 2. The third-order valence-electron chi connectivity index (χ3n) is 2.92. The monoisotopic (exact) mass is 356 g/mol. The number of nitrogens with zero attached hydrogens (tertiary/aromatic N) is 4. The second-order valence-corrected chi connectivity index (χ2v) is 4.77. The third-order valence-corrected chi connectivity index (χ3v) is 2.92. The number of nitrogens with one attached hydrogen (secondary N) is 2. The van der Waals surface area contributed by atoms with Crippen molar-refractivity contribution < 1.29 is 14.6 Å². The van der Waals surface area contributed by atoms with Crippen molar-refractivity contribution in [1.82, 2.24) is 10.9 Å². The summed E-state index contributed by atoms with van der Waals surface area (Å²) in [4.78, 5) is 31.7. The minimum atomic E-state index is -0.756. The Morgan fingerprint density at radius 2 is 1.27 bits per heavy atom. The zero-order chi connectivity index (χ0) is 18.9. The Bertz CT molecular complexity index is 824. The Hall–Kier alpha value is -4.15. The summed E-state index contributed by atoms with van der Waals surface area (Å²) in [5.74, 6) is 0. The summed E-state index contributed by atoms with van der Waals surface area (Å²) in [7, 11) is 0. The number of rotatable bonds is 6. The molecule has 26 heavy (non-hydrogen) atoms. The number of hydrogen-bond acceptors (Lipinski definition) is 7. The van der Waals surface area contributed by atoms with Gasteiger partial charge in [0.15, 0.2) is 0 Å². The maximum absolute atomic E-state index is 11.5. The summed E-state index contributed by atoms with van der Waals surface area (Å²) in [6, 6.07) is 10.6. The van der Waals surface area contributed by atoms with E-state index in [4.69, 9.17) is 0 Å². The largest absolute Gasteiger partial charge is 0.355 e. The van der Waals surface area contributed by atoms with Gasteiger partial charge in [0.05, 0.1) is 22.3 Å². The van der Waals surface area contributed by atoms with Crippen molar-refractivity contribution in [3.63, 3.8) is 0 Å². The fourth-order valence-electron chi connectivity index (χ4n) is 1.79. The van der Waals surface area contributed by atoms with E-state index in [1.165, 1.54) is 48.8 Å². The summed E-state index contributed by atoms with van der Waals surface area (Å²) in [5.41, 5.74) is 4.91. The molecular weight excluding hydrogens is 344 g/mol. The summed E-state index contributed by atoms with van der Waals surface area (Å²) in [6.07, 6.45) is 2.47. The molecule has 0 atom stereocenters. The van der Waals surface area contributed by atoms with Gasteiger partial charge in [0.2, 0.25) is 0 Å². The van der Waals surface area contributed by atoms with Gasteiger partial charge in [-0.25, -0.2) is 15.6 Å². The molecule has 0 aliphatic heterocycles. The first-order chi connectivity index (χ1) is 12.5. The van der Waals surface area contributed by atoms with E-state index in [0.29, 0.717) is 11.1 Å². The molecule has 11 nitrogen and oxygen atoms in total. The predicted molar refractivity (Wildman–Crippen MR) is 93.0 cm³/mol. The van der Waals surface area contributed by atoms with Gasteiger partial charge in [0.1, 0.15) is 0 Å². The van der Waals surface area contributed by atoms with Crippen LogP contribution < -0.4 is 10.9 Å². The second-order valence-electron chi connectivity index (χ2n) is 4.77. The Morgan fingerprint density at radius 1 is 0.846 bits per heavy atom. The van der Waals surface area contributed by atoms with Gasteiger partial charge in [0, 0.05) is 35.4 Å². The number of benzene rings is 2. The van der Waals surface area contributed by atoms with Crippen LogP contribution in [0.2, 0.25) is 0 Å². The molecule has 0 unspecified atom stereocenters. The minimum absolute atomic E-state index is 0.0973. The predicted octanol–water partition coefficient (Wildman–Crippen LogP) is 2.17. The Balaban J connectivity index is 1.87. The Morgan fingerprint density at radius 3 is 1.65 bits per heavy atom. The molecule has 0 aliphatic rings. The van der Waals surface area contributed by atoms with E-state index in [1.54, 1.807) is 12.1 Å². The molecule has 11 heteroatoms. The van der Waals surface area contributed by atoms with E-state index in [0.717, 1.165) is 0 Å². The summed E-state index contributed by atoms with van der Waals surface area (Å²) in [5, 5.41) is 28.6. The van der Waals surface area contributed by atoms with Gasteiger partial charge in [0.25, 0.3) is 11.4 Å². The smallest absolute Gasteiger partial charge is 0.258 e. The molecule has 0 spiro atoms. The van der Waals surface area contributed by atoms with Crippen LogP contribution >= 0.6 is 0 Å². The van der Waals surface area contributed by atoms with Crippen molar-refractivity contribution in [2.45, 2.75) is 0 Å². The number of hydrogen-bond donors (Lipinski definition) is 2. The lowest BCUT2D eigenvalue weighted by atomic mass is 10.2. The standard InChI is InChI=1S/C15H12N6O5/c22-15(18-16-9-11-3-1-5-13(7-11)20(23)24)19-17-10-12-4-2-6-14(8-12)21(25)26/h1-10H,(H2,18,19,22)/b16-9-,17-10+. The molecule has 0 heterocycles. The molecule has 0 bridgehead atoms. The SMILES string of the molecule is O=C(N/N=C\c1cccc([N+](=O)[O-])c1)N/N=C/c1cccc([N+](=O)[O-])c1. The number of carbonyl (C=O) groups excluding carboxylic acids is 1. The van der Waals surface area contributed by atoms with Crippen LogP contribution in [0.3, 0.4) is 0 Å². The molecular formula is C15H12N6O5. The van der Waals surface area contributed by atoms with E-state index in [-0.39, 0.29) is 11.4 Å². The first kappa shape index (κ1) is 18.2. The van der Waals surface area contributed by atoms with E-state index < -0.39 is 15.9 Å². The molecule has 0 radical (unpaired) electrons. The molecule has 0 aromatic heterocycles. The van der Waals surface area contributed by atoms with E-state index in [2.05, 4.69) is 21.1 Å². The van der Waals surface area contributed by atoms with Crippen molar-refractivity contribution in [3.8, 4) is 0 Å². The highest BCUT2D eigenvalue weighted by atomic mass is 16.6. The molecule has 2 amide bonds. The summed E-state index contributed by atoms with van der Waals surface area (Å²) < 4.78 is 0. The molecule has 132 valence electrons. The van der Waals surface area contributed by atoms with Gasteiger partial charge in [-0.05, 0) is 0 Å². The minimum Gasteiger partial charge on any atom is -0.258 e. The van der Waals surface area contributed by atoms with Crippen LogP contribution in [0.1, 0.15) is 11.1 Å². The molecule has 0 aliphatic carbocycles. The van der Waals surface area contributed by atoms with Crippen molar-refractivity contribution in [2.24, 2.45) is 10.2 Å². The molecule has 2 N–H and O–H groups in total. The van der Waals surface area contributed by atoms with Gasteiger partial charge in [-0.1, -0.05) is 24.3 Å². The molecule has 0 fully saturated rings. The normalized spacial score (nSPS) is 10.8. The number of carbonyl (C=O) groups is 1. The Labute approximate surface area is 146 Å². The topological polar surface area (TPSA) is 152 Å². The zero-order valence-electron chi connectivity index (χ0n) is 13.1. The number of non-ortho nitro benzene ring substituents is 2. The fourth-order valence-corrected chi connectivity index (χ4v) is 1.79. The molecule has 2 aromatic carbocycles. The van der Waals surface area contributed by atoms with Crippen molar-refractivity contribution in [3.05, 3.63) is 79.9 Å². The molecule has 0 saturated heterocycles. The van der Waals surface area contributed by atoms with Gasteiger partial charge >= 0.3 is 6.03 Å². The van der Waals surface area contributed by atoms with Crippen LogP contribution in [0.15, 0.2) is 58.7 Å². The van der Waals surface area contributed by atoms with E-state index in [1.807, 2.05) is 0 Å². The van der Waals surface area contributed by atoms with E-state index >= 15 is 0 Å². The average Bonchev–Trinajstić information content (AvgIpc) is 2.62. The van der Waals surface area contributed by atoms with Gasteiger partial charge in [-0.15, -0.1) is 0 Å². The highest BCUT2D eigenvalue weighted by Crippen LogP contribution is 2.12. The van der Waals surface area contributed by atoms with Crippen molar-refractivity contribution in [2.75, 3.05) is 0 Å². The number of nitro benzene ring substituents is 2. The van der Waals surface area contributed by atoms with Gasteiger partial charge in [-0.3, -0.25) is 20.2 Å². The van der Waals surface area contributed by atoms with Crippen LogP contribution in [-0.2, 0) is 0 Å². The van der Waals surface area contributed by atoms with Crippen LogP contribution in [-0.4, -0.2) is 28.3 Å². The zero-order valence-corrected chi connectivity index (χ0v) is 13.1. The first-order valence-corrected chi connectivity index (χ1v) is 7.07. The van der Waals surface area contributed by atoms with Crippen LogP contribution in [0, 0.1) is 20.2 Å². The number of amides is 2. The summed E-state index contributed by atoms with van der Waals surface area (Å²) in [6.45, 7) is 0. The van der Waals surface area contributed by atoms with Gasteiger partial charge < -0.3 is 0 Å². The average molecular weight is 356 g/mol. The number of nitro groups is 2. The third kappa shape index (κ3) is 5.49. The van der Waals surface area contributed by atoms with Crippen LogP contribution in [0.4, 0.5) is 16.2 Å². The van der Waals surface area contributed by atoms with E-state index in [9.17, 15) is 25.0 Å². The lowest BCUT2D eigenvalue weighted by Crippen LogP contribution is -2.28. The quantitative estimate of drug-likeness (QED) is 0.461. The lowest BCUT2D eigenvalue weighted by Gasteiger charge is -1.98. The fraction of sp³-hybridized carbons (Fsp3) is 0. The van der Waals surface area contributed by atoms with Crippen molar-refractivity contribution in [1.29, 1.82) is 0 Å². The number of urea groups is 1. The maximum atomic E-state index is 11.5. The maximum Gasteiger partial charge on any atom is 0.355 e. The summed E-state index contributed by atoms with van der Waals surface area (Å²) >= 11 is 0. The lowest BCUT2D eigenvalue weighted by molar-refractivity contribution is -0.385. The van der Waals surface area contributed by atoms with Crippen LogP contribution in [0.25, 0.3) is 0 Å². The van der Waals surface area contributed by atoms with Crippen LogP contribution in [0.5, 0.6) is 0 Å². The molecule has 2 rings (SSSR count). The molecule has 2 aromatic rings. The van der Waals surface area contributed by atoms with Gasteiger partial charge in [-0.2, -0.15) is 10.2 Å². The molecule has 0 saturated carbocycles. The highest BCUT2D eigenvalue weighted by molar-refractivity contribution is 5.84. The second kappa shape index (κ2) is 8.63. The highest BCUT2D eigenvalue weighted by Gasteiger charge is 2.05. The Kier molecular flexibility index (Phi) is 6.04. The first-order valence-electron chi connectivity index (χ1n) is 7.07. The van der Waals surface area contributed by atoms with Crippen molar-refractivity contribution >= 4 is 29.8 Å².